The van der Waals surface area contributed by atoms with Gasteiger partial charge in [0.2, 0.25) is 0 Å². The van der Waals surface area contributed by atoms with Gasteiger partial charge in [-0.15, -0.1) is 0 Å². The summed E-state index contributed by atoms with van der Waals surface area (Å²) in [5, 5.41) is 13.2. The van der Waals surface area contributed by atoms with E-state index in [4.69, 9.17) is 4.74 Å². The average molecular weight is 249 g/mol. The molecule has 0 radical (unpaired) electrons. The second-order valence-electron chi connectivity index (χ2n) is 5.40. The molecule has 0 saturated heterocycles. The molecule has 1 aromatic carbocycles. The van der Waals surface area contributed by atoms with Gasteiger partial charge < -0.3 is 15.2 Å². The van der Waals surface area contributed by atoms with Crippen LogP contribution in [-0.2, 0) is 6.42 Å². The number of β-amino-alcohol motifs (C(OH)–C–C–N with tert-alkyl or cyclic N) is 1. The Bertz CT molecular complexity index is 371. The monoisotopic (exact) mass is 249 g/mol. The quantitative estimate of drug-likeness (QED) is 0.778. The molecule has 2 rings (SSSR count). The standard InChI is InChI=1S/C15H23NO2/c1-3-12-4-6-14(7-5-12)18-11-13(17)10-16-15(2)8-9-15/h4-7,13,16-17H,3,8-11H2,1-2H3. The van der Waals surface area contributed by atoms with Crippen LogP contribution < -0.4 is 10.1 Å². The first-order valence-corrected chi connectivity index (χ1v) is 6.76. The van der Waals surface area contributed by atoms with Gasteiger partial charge in [0.25, 0.3) is 0 Å². The van der Waals surface area contributed by atoms with Gasteiger partial charge in [0, 0.05) is 12.1 Å². The van der Waals surface area contributed by atoms with E-state index in [9.17, 15) is 5.11 Å². The van der Waals surface area contributed by atoms with Crippen LogP contribution in [0.3, 0.4) is 0 Å². The zero-order valence-corrected chi connectivity index (χ0v) is 11.3. The maximum atomic E-state index is 9.81. The summed E-state index contributed by atoms with van der Waals surface area (Å²) in [7, 11) is 0. The molecule has 0 heterocycles. The molecule has 100 valence electrons. The Balaban J connectivity index is 1.69. The van der Waals surface area contributed by atoms with E-state index in [1.165, 1.54) is 18.4 Å². The normalized spacial score (nSPS) is 18.4. The summed E-state index contributed by atoms with van der Waals surface area (Å²) in [6.07, 6.45) is 3.00. The number of aliphatic hydroxyl groups is 1. The molecule has 1 fully saturated rings. The third-order valence-electron chi connectivity index (χ3n) is 3.54. The van der Waals surface area contributed by atoms with Crippen LogP contribution >= 0.6 is 0 Å². The lowest BCUT2D eigenvalue weighted by Gasteiger charge is -2.16. The van der Waals surface area contributed by atoms with E-state index in [1.54, 1.807) is 0 Å². The van der Waals surface area contributed by atoms with Crippen molar-refractivity contribution in [3.8, 4) is 5.75 Å². The van der Waals surface area contributed by atoms with Crippen LogP contribution in [0.5, 0.6) is 5.75 Å². The summed E-state index contributed by atoms with van der Waals surface area (Å²) in [6, 6.07) is 8.04. The molecule has 0 bridgehead atoms. The highest BCUT2D eigenvalue weighted by molar-refractivity contribution is 5.27. The molecule has 1 aliphatic carbocycles. The lowest BCUT2D eigenvalue weighted by molar-refractivity contribution is 0.103. The summed E-state index contributed by atoms with van der Waals surface area (Å²) in [4.78, 5) is 0. The van der Waals surface area contributed by atoms with Crippen molar-refractivity contribution in [1.29, 1.82) is 0 Å². The summed E-state index contributed by atoms with van der Waals surface area (Å²) >= 11 is 0. The third-order valence-corrected chi connectivity index (χ3v) is 3.54. The largest absolute Gasteiger partial charge is 0.491 e. The molecule has 0 spiro atoms. The Hall–Kier alpha value is -1.06. The van der Waals surface area contributed by atoms with E-state index < -0.39 is 6.10 Å². The molecular weight excluding hydrogens is 226 g/mol. The lowest BCUT2D eigenvalue weighted by atomic mass is 10.2. The van der Waals surface area contributed by atoms with E-state index in [0.29, 0.717) is 13.2 Å². The lowest BCUT2D eigenvalue weighted by Crippen LogP contribution is -2.37. The molecule has 0 amide bonds. The van der Waals surface area contributed by atoms with Crippen LogP contribution in [0.2, 0.25) is 0 Å². The van der Waals surface area contributed by atoms with Crippen LogP contribution in [0.25, 0.3) is 0 Å². The summed E-state index contributed by atoms with van der Waals surface area (Å²) in [5.41, 5.74) is 1.57. The van der Waals surface area contributed by atoms with Gasteiger partial charge in [-0.1, -0.05) is 19.1 Å². The van der Waals surface area contributed by atoms with E-state index in [2.05, 4.69) is 31.3 Å². The Kier molecular flexibility index (Phi) is 4.25. The number of nitrogens with one attached hydrogen (secondary N) is 1. The van der Waals surface area contributed by atoms with Crippen LogP contribution in [0.15, 0.2) is 24.3 Å². The molecule has 1 atom stereocenters. The molecule has 0 aromatic heterocycles. The fourth-order valence-electron chi connectivity index (χ4n) is 1.80. The maximum Gasteiger partial charge on any atom is 0.119 e. The zero-order valence-electron chi connectivity index (χ0n) is 11.3. The van der Waals surface area contributed by atoms with Gasteiger partial charge in [-0.2, -0.15) is 0 Å². The first-order valence-electron chi connectivity index (χ1n) is 6.76. The predicted octanol–water partition coefficient (Wildman–Crippen LogP) is 2.13. The number of hydrogen-bond donors (Lipinski definition) is 2. The molecule has 1 saturated carbocycles. The Labute approximate surface area is 109 Å². The summed E-state index contributed by atoms with van der Waals surface area (Å²) < 4.78 is 5.56. The minimum absolute atomic E-state index is 0.268. The Morgan fingerprint density at radius 2 is 2.00 bits per heavy atom. The van der Waals surface area contributed by atoms with E-state index in [0.717, 1.165) is 12.2 Å². The zero-order chi connectivity index (χ0) is 13.0. The first kappa shape index (κ1) is 13.4. The molecule has 3 heteroatoms. The summed E-state index contributed by atoms with van der Waals surface area (Å²) in [5.74, 6) is 0.823. The topological polar surface area (TPSA) is 41.5 Å². The van der Waals surface area contributed by atoms with Crippen LogP contribution in [0, 0.1) is 0 Å². The Morgan fingerprint density at radius 1 is 1.33 bits per heavy atom. The molecule has 1 unspecified atom stereocenters. The minimum atomic E-state index is -0.451. The molecule has 3 nitrogen and oxygen atoms in total. The highest BCUT2D eigenvalue weighted by Crippen LogP contribution is 2.33. The van der Waals surface area contributed by atoms with Crippen molar-refractivity contribution in [3.63, 3.8) is 0 Å². The molecule has 2 N–H and O–H groups in total. The highest BCUT2D eigenvalue weighted by atomic mass is 16.5. The fraction of sp³-hybridized carbons (Fsp3) is 0.600. The van der Waals surface area contributed by atoms with Crippen LogP contribution in [-0.4, -0.2) is 29.9 Å². The van der Waals surface area contributed by atoms with Crippen molar-refractivity contribution in [2.45, 2.75) is 44.8 Å². The molecular formula is C15H23NO2. The number of benzene rings is 1. The van der Waals surface area contributed by atoms with Crippen LogP contribution in [0.1, 0.15) is 32.3 Å². The van der Waals surface area contributed by atoms with Gasteiger partial charge in [-0.05, 0) is 43.9 Å². The van der Waals surface area contributed by atoms with Crippen molar-refractivity contribution in [3.05, 3.63) is 29.8 Å². The smallest absolute Gasteiger partial charge is 0.119 e. The van der Waals surface area contributed by atoms with Gasteiger partial charge in [-0.3, -0.25) is 0 Å². The summed E-state index contributed by atoms with van der Waals surface area (Å²) in [6.45, 7) is 5.26. The second-order valence-corrected chi connectivity index (χ2v) is 5.40. The second kappa shape index (κ2) is 5.72. The van der Waals surface area contributed by atoms with Crippen molar-refractivity contribution < 1.29 is 9.84 Å². The molecule has 1 aliphatic rings. The number of ether oxygens (including phenoxy) is 1. The van der Waals surface area contributed by atoms with Gasteiger partial charge >= 0.3 is 0 Å². The van der Waals surface area contributed by atoms with E-state index in [-0.39, 0.29) is 5.54 Å². The number of rotatable bonds is 7. The van der Waals surface area contributed by atoms with E-state index in [1.807, 2.05) is 12.1 Å². The van der Waals surface area contributed by atoms with Gasteiger partial charge in [0.05, 0.1) is 0 Å². The maximum absolute atomic E-state index is 9.81. The van der Waals surface area contributed by atoms with Crippen LogP contribution in [0.4, 0.5) is 0 Å². The minimum Gasteiger partial charge on any atom is -0.491 e. The van der Waals surface area contributed by atoms with E-state index >= 15 is 0 Å². The highest BCUT2D eigenvalue weighted by Gasteiger charge is 2.36. The number of aryl methyl sites for hydroxylation is 1. The average Bonchev–Trinajstić information content (AvgIpc) is 3.13. The van der Waals surface area contributed by atoms with Crippen molar-refractivity contribution >= 4 is 0 Å². The van der Waals surface area contributed by atoms with Crippen molar-refractivity contribution in [2.24, 2.45) is 0 Å². The predicted molar refractivity (Wildman–Crippen MR) is 73.0 cm³/mol. The molecule has 1 aromatic rings. The fourth-order valence-corrected chi connectivity index (χ4v) is 1.80. The third kappa shape index (κ3) is 4.00. The SMILES string of the molecule is CCc1ccc(OCC(O)CNC2(C)CC2)cc1. The van der Waals surface area contributed by atoms with Gasteiger partial charge in [0.15, 0.2) is 0 Å². The first-order chi connectivity index (χ1) is 8.61. The van der Waals surface area contributed by atoms with Gasteiger partial charge in [0.1, 0.15) is 18.5 Å². The number of hydrogen-bond acceptors (Lipinski definition) is 3. The molecule has 0 aliphatic heterocycles. The van der Waals surface area contributed by atoms with Crippen molar-refractivity contribution in [1.82, 2.24) is 5.32 Å². The Morgan fingerprint density at radius 3 is 2.56 bits per heavy atom. The molecule has 18 heavy (non-hydrogen) atoms. The number of aliphatic hydroxyl groups excluding tert-OH is 1. The van der Waals surface area contributed by atoms with Crippen molar-refractivity contribution in [2.75, 3.05) is 13.2 Å². The van der Waals surface area contributed by atoms with Gasteiger partial charge in [-0.25, -0.2) is 0 Å².